The fraction of sp³-hybridized carbons (Fsp3) is 0.429. The lowest BCUT2D eigenvalue weighted by molar-refractivity contribution is 0.152. The van der Waals surface area contributed by atoms with Crippen LogP contribution in [0.25, 0.3) is 5.69 Å². The van der Waals surface area contributed by atoms with Crippen molar-refractivity contribution in [3.05, 3.63) is 52.6 Å². The van der Waals surface area contributed by atoms with Crippen LogP contribution in [0.5, 0.6) is 0 Å². The molecule has 6 rings (SSSR count). The first kappa shape index (κ1) is 18.1. The number of aromatic nitrogens is 5. The Labute approximate surface area is 180 Å². The average molecular weight is 423 g/mol. The molecule has 0 amide bonds. The Balaban J connectivity index is 1.23. The Bertz CT molecular complexity index is 1110. The van der Waals surface area contributed by atoms with E-state index in [0.29, 0.717) is 5.41 Å². The molecule has 0 radical (unpaired) electrons. The molecule has 0 unspecified atom stereocenters. The molecule has 154 valence electrons. The molecule has 2 saturated heterocycles. The van der Waals surface area contributed by atoms with Gasteiger partial charge in [-0.3, -0.25) is 9.47 Å². The standard InChI is InChI=1S/C21H23ClN8/c1-14-6-23-19(24-7-14)28-10-21(11-28)12-29(13-21)20-26-25-18-9-27(2)8-15-5-16(22)3-4-17(15)30(18)20/h3-7H,8-13H2,1-2H3. The van der Waals surface area contributed by atoms with Crippen molar-refractivity contribution in [2.45, 2.75) is 20.0 Å². The predicted molar refractivity (Wildman–Crippen MR) is 115 cm³/mol. The normalized spacial score (nSPS) is 19.7. The van der Waals surface area contributed by atoms with Crippen molar-refractivity contribution in [3.63, 3.8) is 0 Å². The minimum Gasteiger partial charge on any atom is -0.339 e. The largest absolute Gasteiger partial charge is 0.339 e. The van der Waals surface area contributed by atoms with Crippen molar-refractivity contribution in [2.75, 3.05) is 43.0 Å². The molecule has 0 aliphatic carbocycles. The van der Waals surface area contributed by atoms with Gasteiger partial charge < -0.3 is 9.80 Å². The van der Waals surface area contributed by atoms with Gasteiger partial charge in [0.25, 0.3) is 0 Å². The monoisotopic (exact) mass is 422 g/mol. The third-order valence-corrected chi connectivity index (χ3v) is 6.52. The van der Waals surface area contributed by atoms with Crippen molar-refractivity contribution in [3.8, 4) is 5.69 Å². The van der Waals surface area contributed by atoms with E-state index in [9.17, 15) is 0 Å². The van der Waals surface area contributed by atoms with Gasteiger partial charge in [-0.1, -0.05) is 11.6 Å². The highest BCUT2D eigenvalue weighted by Crippen LogP contribution is 2.43. The van der Waals surface area contributed by atoms with Crippen LogP contribution < -0.4 is 9.80 Å². The molecule has 3 aromatic rings. The van der Waals surface area contributed by atoms with Crippen LogP contribution >= 0.6 is 11.6 Å². The Morgan fingerprint density at radius 2 is 1.70 bits per heavy atom. The predicted octanol–water partition coefficient (Wildman–Crippen LogP) is 2.29. The maximum Gasteiger partial charge on any atom is 0.231 e. The Hall–Kier alpha value is -2.71. The van der Waals surface area contributed by atoms with Gasteiger partial charge in [-0.15, -0.1) is 10.2 Å². The van der Waals surface area contributed by atoms with Gasteiger partial charge in [0.05, 0.1) is 12.2 Å². The highest BCUT2D eigenvalue weighted by molar-refractivity contribution is 6.30. The molecular weight excluding hydrogens is 400 g/mol. The maximum atomic E-state index is 6.27. The zero-order valence-corrected chi connectivity index (χ0v) is 17.8. The highest BCUT2D eigenvalue weighted by atomic mass is 35.5. The molecule has 3 aliphatic heterocycles. The summed E-state index contributed by atoms with van der Waals surface area (Å²) >= 11 is 6.27. The van der Waals surface area contributed by atoms with Gasteiger partial charge in [0.15, 0.2) is 5.82 Å². The SMILES string of the molecule is Cc1cnc(N2CC3(C2)CN(c2nnc4n2-c2ccc(Cl)cc2CN(C)C4)C3)nc1. The van der Waals surface area contributed by atoms with E-state index in [0.717, 1.165) is 73.3 Å². The summed E-state index contributed by atoms with van der Waals surface area (Å²) in [6.07, 6.45) is 3.76. The number of hydrogen-bond donors (Lipinski definition) is 0. The van der Waals surface area contributed by atoms with Gasteiger partial charge in [-0.05, 0) is 43.3 Å². The van der Waals surface area contributed by atoms with Gasteiger partial charge in [0.2, 0.25) is 11.9 Å². The molecule has 30 heavy (non-hydrogen) atoms. The van der Waals surface area contributed by atoms with Gasteiger partial charge in [-0.25, -0.2) is 9.97 Å². The highest BCUT2D eigenvalue weighted by Gasteiger charge is 2.53. The van der Waals surface area contributed by atoms with E-state index in [-0.39, 0.29) is 0 Å². The fourth-order valence-electron chi connectivity index (χ4n) is 4.91. The summed E-state index contributed by atoms with van der Waals surface area (Å²) in [6, 6.07) is 6.08. The van der Waals surface area contributed by atoms with E-state index in [4.69, 9.17) is 11.6 Å². The van der Waals surface area contributed by atoms with Crippen LogP contribution in [0.3, 0.4) is 0 Å². The molecule has 0 N–H and O–H groups in total. The van der Waals surface area contributed by atoms with Gasteiger partial charge >= 0.3 is 0 Å². The number of nitrogens with zero attached hydrogens (tertiary/aromatic N) is 8. The summed E-state index contributed by atoms with van der Waals surface area (Å²) in [7, 11) is 2.10. The smallest absolute Gasteiger partial charge is 0.231 e. The maximum absolute atomic E-state index is 6.27. The van der Waals surface area contributed by atoms with Crippen LogP contribution in [0.4, 0.5) is 11.9 Å². The molecule has 2 fully saturated rings. The Morgan fingerprint density at radius 1 is 0.967 bits per heavy atom. The zero-order valence-electron chi connectivity index (χ0n) is 17.1. The number of halogens is 1. The van der Waals surface area contributed by atoms with Crippen molar-refractivity contribution in [1.82, 2.24) is 29.6 Å². The molecule has 3 aliphatic rings. The van der Waals surface area contributed by atoms with Crippen molar-refractivity contribution in [1.29, 1.82) is 0 Å². The Kier molecular flexibility index (Phi) is 3.85. The number of fused-ring (bicyclic) bond motifs is 3. The van der Waals surface area contributed by atoms with Crippen LogP contribution in [-0.2, 0) is 13.1 Å². The topological polar surface area (TPSA) is 66.2 Å². The molecule has 0 bridgehead atoms. The second-order valence-electron chi connectivity index (χ2n) is 8.97. The number of hydrogen-bond acceptors (Lipinski definition) is 7. The number of aryl methyl sites for hydroxylation is 1. The molecular formula is C21H23ClN8. The average Bonchev–Trinajstić information content (AvgIpc) is 2.97. The molecule has 1 aromatic carbocycles. The van der Waals surface area contributed by atoms with E-state index in [1.807, 2.05) is 25.4 Å². The van der Waals surface area contributed by atoms with E-state index >= 15 is 0 Å². The summed E-state index contributed by atoms with van der Waals surface area (Å²) in [5.74, 6) is 2.73. The summed E-state index contributed by atoms with van der Waals surface area (Å²) < 4.78 is 2.21. The third-order valence-electron chi connectivity index (χ3n) is 6.29. The van der Waals surface area contributed by atoms with Crippen LogP contribution in [0, 0.1) is 12.3 Å². The zero-order chi connectivity index (χ0) is 20.5. The quantitative estimate of drug-likeness (QED) is 0.627. The van der Waals surface area contributed by atoms with Gasteiger partial charge in [0, 0.05) is 55.6 Å². The first-order valence-corrected chi connectivity index (χ1v) is 10.6. The second-order valence-corrected chi connectivity index (χ2v) is 9.41. The van der Waals surface area contributed by atoms with Gasteiger partial charge in [-0.2, -0.15) is 0 Å². The number of anilines is 2. The minimum absolute atomic E-state index is 0.297. The first-order valence-electron chi connectivity index (χ1n) is 10.2. The molecule has 1 spiro atoms. The van der Waals surface area contributed by atoms with E-state index in [2.05, 4.69) is 58.6 Å². The third kappa shape index (κ3) is 2.78. The van der Waals surface area contributed by atoms with Crippen LogP contribution in [-0.4, -0.2) is 62.9 Å². The Morgan fingerprint density at radius 3 is 2.47 bits per heavy atom. The first-order chi connectivity index (χ1) is 14.5. The van der Waals surface area contributed by atoms with Crippen molar-refractivity contribution in [2.24, 2.45) is 5.41 Å². The lowest BCUT2D eigenvalue weighted by Crippen LogP contribution is -2.73. The second kappa shape index (κ2) is 6.39. The van der Waals surface area contributed by atoms with Crippen molar-refractivity contribution < 1.29 is 0 Å². The van der Waals surface area contributed by atoms with Crippen LogP contribution in [0.1, 0.15) is 17.0 Å². The molecule has 9 heteroatoms. The van der Waals surface area contributed by atoms with E-state index in [1.54, 1.807) is 0 Å². The molecule has 2 aromatic heterocycles. The summed E-state index contributed by atoms with van der Waals surface area (Å²) in [4.78, 5) is 15.8. The fourth-order valence-corrected chi connectivity index (χ4v) is 5.10. The van der Waals surface area contributed by atoms with Gasteiger partial charge in [0.1, 0.15) is 0 Å². The van der Waals surface area contributed by atoms with Crippen LogP contribution in [0.15, 0.2) is 30.6 Å². The minimum atomic E-state index is 0.297. The lowest BCUT2D eigenvalue weighted by atomic mass is 9.73. The summed E-state index contributed by atoms with van der Waals surface area (Å²) in [5.41, 5.74) is 3.71. The van der Waals surface area contributed by atoms with E-state index < -0.39 is 0 Å². The van der Waals surface area contributed by atoms with Crippen molar-refractivity contribution >= 4 is 23.5 Å². The molecule has 0 atom stereocenters. The summed E-state index contributed by atoms with van der Waals surface area (Å²) in [5, 5.41) is 9.85. The number of rotatable bonds is 2. The van der Waals surface area contributed by atoms with E-state index in [1.165, 1.54) is 5.56 Å². The number of benzene rings is 1. The van der Waals surface area contributed by atoms with Crippen LogP contribution in [0.2, 0.25) is 5.02 Å². The molecule has 8 nitrogen and oxygen atoms in total. The summed E-state index contributed by atoms with van der Waals surface area (Å²) in [6.45, 7) is 7.55. The molecule has 0 saturated carbocycles. The lowest BCUT2D eigenvalue weighted by Gasteiger charge is -2.60. The molecule has 5 heterocycles.